The van der Waals surface area contributed by atoms with Crippen molar-refractivity contribution in [1.29, 1.82) is 0 Å². The molecule has 0 saturated heterocycles. The van der Waals surface area contributed by atoms with Crippen LogP contribution < -0.4 is 5.73 Å². The molecule has 1 rings (SSSR count). The first-order valence-corrected chi connectivity index (χ1v) is 5.94. The number of thiocarbonyl (C=S) groups is 1. The molecule has 0 aromatic heterocycles. The maximum atomic E-state index is 13.9. The standard InChI is InChI=1S/C12H14F4N2S/c1-18(6-5-12(14,15)16)7-8-3-2-4-9(10(8)13)11(17)19/h2-4H,5-7H2,1H3,(H2,17,19). The third-order valence-electron chi connectivity index (χ3n) is 2.56. The van der Waals surface area contributed by atoms with Gasteiger partial charge >= 0.3 is 6.18 Å². The molecule has 1 aromatic rings. The van der Waals surface area contributed by atoms with Crippen molar-refractivity contribution in [3.63, 3.8) is 0 Å². The Morgan fingerprint density at radius 3 is 2.53 bits per heavy atom. The van der Waals surface area contributed by atoms with Gasteiger partial charge in [-0.2, -0.15) is 13.2 Å². The molecule has 0 aliphatic heterocycles. The summed E-state index contributed by atoms with van der Waals surface area (Å²) in [5.41, 5.74) is 5.74. The number of nitrogens with zero attached hydrogens (tertiary/aromatic N) is 1. The molecule has 0 atom stereocenters. The van der Waals surface area contributed by atoms with Crippen molar-refractivity contribution in [3.05, 3.63) is 35.1 Å². The van der Waals surface area contributed by atoms with Crippen molar-refractivity contribution in [2.24, 2.45) is 5.73 Å². The third-order valence-corrected chi connectivity index (χ3v) is 2.78. The summed E-state index contributed by atoms with van der Waals surface area (Å²) in [6.07, 6.45) is -5.15. The molecule has 0 bridgehead atoms. The highest BCUT2D eigenvalue weighted by molar-refractivity contribution is 7.80. The fraction of sp³-hybridized carbons (Fsp3) is 0.417. The zero-order valence-electron chi connectivity index (χ0n) is 10.3. The first kappa shape index (κ1) is 15.8. The van der Waals surface area contributed by atoms with Crippen molar-refractivity contribution in [3.8, 4) is 0 Å². The van der Waals surface area contributed by atoms with Crippen molar-refractivity contribution < 1.29 is 17.6 Å². The number of nitrogens with two attached hydrogens (primary N) is 1. The monoisotopic (exact) mass is 294 g/mol. The highest BCUT2D eigenvalue weighted by atomic mass is 32.1. The van der Waals surface area contributed by atoms with Crippen LogP contribution in [0.3, 0.4) is 0 Å². The number of halogens is 4. The van der Waals surface area contributed by atoms with Crippen LogP contribution in [-0.2, 0) is 6.54 Å². The van der Waals surface area contributed by atoms with Crippen LogP contribution in [0.15, 0.2) is 18.2 Å². The van der Waals surface area contributed by atoms with Gasteiger partial charge in [0.1, 0.15) is 10.8 Å². The van der Waals surface area contributed by atoms with Gasteiger partial charge in [-0.15, -0.1) is 0 Å². The lowest BCUT2D eigenvalue weighted by Crippen LogP contribution is -2.25. The molecule has 0 radical (unpaired) electrons. The first-order valence-electron chi connectivity index (χ1n) is 5.53. The Balaban J connectivity index is 2.72. The molecule has 0 saturated carbocycles. The molecule has 0 amide bonds. The molecule has 0 spiro atoms. The van der Waals surface area contributed by atoms with Gasteiger partial charge in [0.2, 0.25) is 0 Å². The number of benzene rings is 1. The largest absolute Gasteiger partial charge is 0.390 e. The van der Waals surface area contributed by atoms with E-state index in [0.29, 0.717) is 0 Å². The number of rotatable bonds is 5. The second-order valence-electron chi connectivity index (χ2n) is 4.25. The second kappa shape index (κ2) is 6.29. The van der Waals surface area contributed by atoms with Crippen molar-refractivity contribution in [2.45, 2.75) is 19.1 Å². The molecule has 2 N–H and O–H groups in total. The van der Waals surface area contributed by atoms with Gasteiger partial charge < -0.3 is 10.6 Å². The summed E-state index contributed by atoms with van der Waals surface area (Å²) >= 11 is 4.70. The van der Waals surface area contributed by atoms with Crippen molar-refractivity contribution in [1.82, 2.24) is 4.90 Å². The van der Waals surface area contributed by atoms with E-state index in [2.05, 4.69) is 0 Å². The molecule has 0 heterocycles. The number of alkyl halides is 3. The van der Waals surface area contributed by atoms with E-state index in [4.69, 9.17) is 18.0 Å². The summed E-state index contributed by atoms with van der Waals surface area (Å²) < 4.78 is 50.2. The van der Waals surface area contributed by atoms with Crippen LogP contribution in [-0.4, -0.2) is 29.7 Å². The fourth-order valence-corrected chi connectivity index (χ4v) is 1.74. The second-order valence-corrected chi connectivity index (χ2v) is 4.69. The van der Waals surface area contributed by atoms with Crippen molar-refractivity contribution >= 4 is 17.2 Å². The van der Waals surface area contributed by atoms with E-state index in [1.807, 2.05) is 0 Å². The molecule has 0 aliphatic rings. The number of hydrogen-bond acceptors (Lipinski definition) is 2. The van der Waals surface area contributed by atoms with Gasteiger partial charge in [-0.1, -0.05) is 24.4 Å². The normalized spacial score (nSPS) is 11.9. The summed E-state index contributed by atoms with van der Waals surface area (Å²) in [4.78, 5) is 1.33. The van der Waals surface area contributed by atoms with Gasteiger partial charge in [-0.3, -0.25) is 0 Å². The Morgan fingerprint density at radius 1 is 1.37 bits per heavy atom. The SMILES string of the molecule is CN(CCC(F)(F)F)Cc1cccc(C(N)=S)c1F. The van der Waals surface area contributed by atoms with Crippen LogP contribution >= 0.6 is 12.2 Å². The quantitative estimate of drug-likeness (QED) is 0.669. The molecule has 1 aromatic carbocycles. The molecular formula is C12H14F4N2S. The Hall–Kier alpha value is -1.21. The van der Waals surface area contributed by atoms with Crippen LogP contribution in [0.2, 0.25) is 0 Å². The van der Waals surface area contributed by atoms with Crippen LogP contribution in [0.25, 0.3) is 0 Å². The van der Waals surface area contributed by atoms with E-state index in [1.54, 1.807) is 6.07 Å². The van der Waals surface area contributed by atoms with E-state index in [1.165, 1.54) is 24.1 Å². The molecule has 7 heteroatoms. The smallest absolute Gasteiger partial charge is 0.389 e. The third kappa shape index (κ3) is 5.12. The Kier molecular flexibility index (Phi) is 5.25. The molecule has 106 valence electrons. The molecular weight excluding hydrogens is 280 g/mol. The molecule has 19 heavy (non-hydrogen) atoms. The van der Waals surface area contributed by atoms with Gasteiger partial charge in [-0.05, 0) is 13.1 Å². The summed E-state index contributed by atoms with van der Waals surface area (Å²) in [6, 6.07) is 4.52. The van der Waals surface area contributed by atoms with Crippen LogP contribution in [0.4, 0.5) is 17.6 Å². The van der Waals surface area contributed by atoms with Crippen molar-refractivity contribution in [2.75, 3.05) is 13.6 Å². The Bertz CT molecular complexity index is 460. The van der Waals surface area contributed by atoms with E-state index in [9.17, 15) is 17.6 Å². The molecule has 2 nitrogen and oxygen atoms in total. The topological polar surface area (TPSA) is 29.3 Å². The zero-order chi connectivity index (χ0) is 14.6. The lowest BCUT2D eigenvalue weighted by Gasteiger charge is -2.18. The zero-order valence-corrected chi connectivity index (χ0v) is 11.1. The summed E-state index contributed by atoms with van der Waals surface area (Å²) in [5.74, 6) is -0.575. The summed E-state index contributed by atoms with van der Waals surface area (Å²) in [5, 5.41) is 0. The molecule has 0 aliphatic carbocycles. The van der Waals surface area contributed by atoms with Crippen LogP contribution in [0, 0.1) is 5.82 Å². The van der Waals surface area contributed by atoms with Crippen LogP contribution in [0.5, 0.6) is 0 Å². The van der Waals surface area contributed by atoms with Gasteiger partial charge in [0.15, 0.2) is 0 Å². The fourth-order valence-electron chi connectivity index (χ4n) is 1.58. The predicted molar refractivity (Wildman–Crippen MR) is 69.3 cm³/mol. The summed E-state index contributed by atoms with van der Waals surface area (Å²) in [6.45, 7) is -0.126. The van der Waals surface area contributed by atoms with Gasteiger partial charge in [-0.25, -0.2) is 4.39 Å². The van der Waals surface area contributed by atoms with Gasteiger partial charge in [0, 0.05) is 24.2 Å². The van der Waals surface area contributed by atoms with E-state index < -0.39 is 18.4 Å². The van der Waals surface area contributed by atoms with E-state index in [0.717, 1.165) is 0 Å². The van der Waals surface area contributed by atoms with Crippen LogP contribution in [0.1, 0.15) is 17.5 Å². The molecule has 0 unspecified atom stereocenters. The van der Waals surface area contributed by atoms with E-state index in [-0.39, 0.29) is 29.2 Å². The Morgan fingerprint density at radius 2 is 2.00 bits per heavy atom. The maximum absolute atomic E-state index is 13.9. The summed E-state index contributed by atoms with van der Waals surface area (Å²) in [7, 11) is 1.50. The number of hydrogen-bond donors (Lipinski definition) is 1. The minimum Gasteiger partial charge on any atom is -0.389 e. The van der Waals surface area contributed by atoms with Gasteiger partial charge in [0.25, 0.3) is 0 Å². The van der Waals surface area contributed by atoms with Gasteiger partial charge in [0.05, 0.1) is 6.42 Å². The Labute approximate surface area is 114 Å². The average molecular weight is 294 g/mol. The highest BCUT2D eigenvalue weighted by Gasteiger charge is 2.27. The minimum atomic E-state index is -4.21. The lowest BCUT2D eigenvalue weighted by atomic mass is 10.1. The lowest BCUT2D eigenvalue weighted by molar-refractivity contribution is -0.137. The molecule has 0 fully saturated rings. The minimum absolute atomic E-state index is 0.0678. The first-order chi connectivity index (χ1) is 8.70. The maximum Gasteiger partial charge on any atom is 0.390 e. The van der Waals surface area contributed by atoms with E-state index >= 15 is 0 Å². The average Bonchev–Trinajstić information content (AvgIpc) is 2.28. The predicted octanol–water partition coefficient (Wildman–Crippen LogP) is 2.84. The highest BCUT2D eigenvalue weighted by Crippen LogP contribution is 2.20.